The average Bonchev–Trinajstić information content (AvgIpc) is 2.03. The molecule has 1 fully saturated rings. The van der Waals surface area contributed by atoms with E-state index >= 15 is 0 Å². The molecule has 0 saturated heterocycles. The number of hydrogen-bond acceptors (Lipinski definition) is 2. The third-order valence-electron chi connectivity index (χ3n) is 3.95. The van der Waals surface area contributed by atoms with Crippen LogP contribution in [0.1, 0.15) is 39.5 Å². The number of rotatable bonds is 4. The summed E-state index contributed by atoms with van der Waals surface area (Å²) in [7, 11) is 1.78. The van der Waals surface area contributed by atoms with Crippen molar-refractivity contribution in [2.75, 3.05) is 13.7 Å². The molecule has 1 saturated carbocycles. The van der Waals surface area contributed by atoms with E-state index in [1.807, 2.05) is 0 Å². The van der Waals surface area contributed by atoms with E-state index in [1.54, 1.807) is 7.11 Å². The zero-order valence-electron chi connectivity index (χ0n) is 8.52. The first-order valence-corrected chi connectivity index (χ1v) is 4.89. The summed E-state index contributed by atoms with van der Waals surface area (Å²) in [4.78, 5) is 0. The van der Waals surface area contributed by atoms with E-state index in [9.17, 15) is 0 Å². The largest absolute Gasteiger partial charge is 0.377 e. The molecule has 1 aliphatic carbocycles. The van der Waals surface area contributed by atoms with Gasteiger partial charge in [-0.1, -0.05) is 13.3 Å². The van der Waals surface area contributed by atoms with Crippen LogP contribution in [-0.4, -0.2) is 19.3 Å². The number of methoxy groups -OCH3 is 1. The van der Waals surface area contributed by atoms with Crippen molar-refractivity contribution in [3.05, 3.63) is 0 Å². The van der Waals surface area contributed by atoms with E-state index < -0.39 is 0 Å². The molecule has 0 spiro atoms. The number of hydrogen-bond donors (Lipinski definition) is 1. The van der Waals surface area contributed by atoms with E-state index in [1.165, 1.54) is 25.7 Å². The molecule has 12 heavy (non-hydrogen) atoms. The summed E-state index contributed by atoms with van der Waals surface area (Å²) in [5, 5.41) is 0. The van der Waals surface area contributed by atoms with Crippen LogP contribution in [0.15, 0.2) is 0 Å². The minimum Gasteiger partial charge on any atom is -0.377 e. The van der Waals surface area contributed by atoms with E-state index in [-0.39, 0.29) is 5.60 Å². The summed E-state index contributed by atoms with van der Waals surface area (Å²) >= 11 is 0. The van der Waals surface area contributed by atoms with Gasteiger partial charge in [-0.3, -0.25) is 0 Å². The first-order chi connectivity index (χ1) is 5.64. The molecule has 1 unspecified atom stereocenters. The van der Waals surface area contributed by atoms with Crippen molar-refractivity contribution < 1.29 is 4.74 Å². The predicted molar refractivity (Wildman–Crippen MR) is 51.0 cm³/mol. The van der Waals surface area contributed by atoms with Gasteiger partial charge in [0.25, 0.3) is 0 Å². The number of ether oxygens (including phenoxy) is 1. The van der Waals surface area contributed by atoms with Crippen molar-refractivity contribution in [2.45, 2.75) is 45.1 Å². The van der Waals surface area contributed by atoms with Gasteiger partial charge in [-0.2, -0.15) is 0 Å². The van der Waals surface area contributed by atoms with Crippen LogP contribution in [0.5, 0.6) is 0 Å². The molecule has 1 rings (SSSR count). The fourth-order valence-corrected chi connectivity index (χ4v) is 2.38. The Morgan fingerprint density at radius 3 is 2.17 bits per heavy atom. The molecule has 0 aromatic rings. The van der Waals surface area contributed by atoms with Gasteiger partial charge in [0.15, 0.2) is 0 Å². The lowest BCUT2D eigenvalue weighted by molar-refractivity contribution is -0.135. The van der Waals surface area contributed by atoms with Gasteiger partial charge in [0.1, 0.15) is 0 Å². The molecule has 1 atom stereocenters. The van der Waals surface area contributed by atoms with Crippen LogP contribution in [0.3, 0.4) is 0 Å². The van der Waals surface area contributed by atoms with Crippen molar-refractivity contribution in [2.24, 2.45) is 11.1 Å². The monoisotopic (exact) mass is 171 g/mol. The molecular weight excluding hydrogens is 150 g/mol. The van der Waals surface area contributed by atoms with Gasteiger partial charge >= 0.3 is 0 Å². The minimum atomic E-state index is -0.0972. The van der Waals surface area contributed by atoms with Crippen LogP contribution >= 0.6 is 0 Å². The Kier molecular flexibility index (Phi) is 2.79. The quantitative estimate of drug-likeness (QED) is 0.701. The maximum absolute atomic E-state index is 5.76. The SMILES string of the molecule is CCC1(C(C)(CN)OC)CCC1. The van der Waals surface area contributed by atoms with Gasteiger partial charge in [-0.15, -0.1) is 0 Å². The maximum Gasteiger partial charge on any atom is 0.0828 e. The standard InChI is InChI=1S/C10H21NO/c1-4-10(6-5-7-10)9(2,8-11)12-3/h4-8,11H2,1-3H3. The summed E-state index contributed by atoms with van der Waals surface area (Å²) in [5.41, 5.74) is 6.04. The van der Waals surface area contributed by atoms with Crippen LogP contribution in [0.25, 0.3) is 0 Å². The predicted octanol–water partition coefficient (Wildman–Crippen LogP) is 1.93. The van der Waals surface area contributed by atoms with Gasteiger partial charge in [0, 0.05) is 19.1 Å². The molecule has 2 nitrogen and oxygen atoms in total. The van der Waals surface area contributed by atoms with Crippen LogP contribution < -0.4 is 5.73 Å². The molecule has 0 aromatic heterocycles. The van der Waals surface area contributed by atoms with Crippen LogP contribution in [0.2, 0.25) is 0 Å². The summed E-state index contributed by atoms with van der Waals surface area (Å²) in [6, 6.07) is 0. The Hall–Kier alpha value is -0.0800. The first-order valence-electron chi connectivity index (χ1n) is 4.89. The lowest BCUT2D eigenvalue weighted by Gasteiger charge is -2.53. The first kappa shape index (κ1) is 10.0. The third-order valence-corrected chi connectivity index (χ3v) is 3.95. The highest BCUT2D eigenvalue weighted by Gasteiger charge is 2.50. The molecule has 0 amide bonds. The summed E-state index contributed by atoms with van der Waals surface area (Å²) < 4.78 is 5.56. The Balaban J connectivity index is 2.74. The highest BCUT2D eigenvalue weighted by Crippen LogP contribution is 2.52. The molecule has 0 heterocycles. The molecule has 0 aliphatic heterocycles. The molecular formula is C10H21NO. The van der Waals surface area contributed by atoms with Crippen LogP contribution in [0.4, 0.5) is 0 Å². The van der Waals surface area contributed by atoms with E-state index in [0.717, 1.165) is 0 Å². The lowest BCUT2D eigenvalue weighted by atomic mass is 9.57. The highest BCUT2D eigenvalue weighted by molar-refractivity contribution is 5.02. The number of nitrogens with two attached hydrogens (primary N) is 1. The average molecular weight is 171 g/mol. The van der Waals surface area contributed by atoms with Crippen molar-refractivity contribution in [1.82, 2.24) is 0 Å². The van der Waals surface area contributed by atoms with Gasteiger partial charge < -0.3 is 10.5 Å². The molecule has 2 heteroatoms. The van der Waals surface area contributed by atoms with Crippen molar-refractivity contribution in [1.29, 1.82) is 0 Å². The molecule has 1 aliphatic rings. The Labute approximate surface area is 75.5 Å². The van der Waals surface area contributed by atoms with Crippen LogP contribution in [-0.2, 0) is 4.74 Å². The molecule has 72 valence electrons. The second-order valence-corrected chi connectivity index (χ2v) is 4.13. The second kappa shape index (κ2) is 3.35. The van der Waals surface area contributed by atoms with Gasteiger partial charge in [0.2, 0.25) is 0 Å². The normalized spacial score (nSPS) is 26.0. The second-order valence-electron chi connectivity index (χ2n) is 4.13. The fourth-order valence-electron chi connectivity index (χ4n) is 2.38. The minimum absolute atomic E-state index is 0.0972. The smallest absolute Gasteiger partial charge is 0.0828 e. The lowest BCUT2D eigenvalue weighted by Crippen LogP contribution is -2.55. The van der Waals surface area contributed by atoms with Crippen molar-refractivity contribution in [3.8, 4) is 0 Å². The van der Waals surface area contributed by atoms with E-state index in [0.29, 0.717) is 12.0 Å². The van der Waals surface area contributed by atoms with Crippen molar-refractivity contribution >= 4 is 0 Å². The zero-order chi connectivity index (χ0) is 9.24. The van der Waals surface area contributed by atoms with Crippen LogP contribution in [0, 0.1) is 5.41 Å². The summed E-state index contributed by atoms with van der Waals surface area (Å²) in [6.45, 7) is 5.03. The Morgan fingerprint density at radius 1 is 1.50 bits per heavy atom. The fraction of sp³-hybridized carbons (Fsp3) is 1.00. The van der Waals surface area contributed by atoms with Gasteiger partial charge in [-0.25, -0.2) is 0 Å². The summed E-state index contributed by atoms with van der Waals surface area (Å²) in [6.07, 6.45) is 5.09. The zero-order valence-corrected chi connectivity index (χ0v) is 8.52. The highest BCUT2D eigenvalue weighted by atomic mass is 16.5. The third kappa shape index (κ3) is 1.17. The molecule has 0 aromatic carbocycles. The van der Waals surface area contributed by atoms with Gasteiger partial charge in [0.05, 0.1) is 5.60 Å². The van der Waals surface area contributed by atoms with Gasteiger partial charge in [-0.05, 0) is 26.2 Å². The molecule has 0 bridgehead atoms. The topological polar surface area (TPSA) is 35.2 Å². The Morgan fingerprint density at radius 2 is 2.08 bits per heavy atom. The maximum atomic E-state index is 5.76. The van der Waals surface area contributed by atoms with E-state index in [2.05, 4.69) is 13.8 Å². The Bertz CT molecular complexity index is 132. The summed E-state index contributed by atoms with van der Waals surface area (Å²) in [5.74, 6) is 0. The van der Waals surface area contributed by atoms with Crippen molar-refractivity contribution in [3.63, 3.8) is 0 Å². The molecule has 2 N–H and O–H groups in total. The van der Waals surface area contributed by atoms with E-state index in [4.69, 9.17) is 10.5 Å². The molecule has 0 radical (unpaired) electrons.